The van der Waals surface area contributed by atoms with Crippen molar-refractivity contribution < 1.29 is 197 Å². The number of fused-ring (bicyclic) bond motifs is 1. The molecule has 43 nitrogen and oxygen atoms in total. The number of carbonyl (C=O) groups is 7. The van der Waals surface area contributed by atoms with Gasteiger partial charge in [-0.15, -0.1) is 6.42 Å². The number of halogens is 9. The summed E-state index contributed by atoms with van der Waals surface area (Å²) in [7, 11) is 4.74. The fraction of sp³-hybridized carbons (Fsp3) is 0.494. The Bertz CT molecular complexity index is 5320. The van der Waals surface area contributed by atoms with Crippen LogP contribution in [0.1, 0.15) is 183 Å². The number of hydrogen-bond donors (Lipinski definition) is 6. The molecule has 738 valence electrons. The molecule has 1 aromatic carbocycles. The van der Waals surface area contributed by atoms with Crippen LogP contribution in [0.25, 0.3) is 10.9 Å². The first-order valence-electron chi connectivity index (χ1n) is 40.3. The number of carboxylic acid groups (broad SMARTS) is 1. The molecule has 137 heavy (non-hydrogen) atoms. The number of carboxylic acids is 1. The van der Waals surface area contributed by atoms with E-state index in [9.17, 15) is 65.8 Å². The molecule has 3 aliphatic carbocycles. The van der Waals surface area contributed by atoms with E-state index in [4.69, 9.17) is 133 Å². The standard InChI is InChI=1S/C15H19F2N3O4.C12H13ClN2O6.C11H11F2N.C11H11N3O2.C11H14N2O5.C7H6Cl2N2O2.C5H2Cl2N2O.C5H8O4.C4H9N.C2H6O2.2Na.H2O/c1-2-22-12-11(13-23-5-6-24-13)9(18-8-19-12)7-10(21)20-15(3-4-15)14(16)17;1-18-10(16)7(11(17)19-2)8-6(9(13)15-5-14-8)12-20-3-4-21-12;1-3-10(14)8-5-4-6-9(7(8)2)11(12)13;1-11(2-3-11)14-5-7-8(4-9(14)15)12-6-13-10(7)16;1-2-16-10-9(11-17-3-4-18-11)7(5-8(14)15)12-6-13-10;8-5-4(6(9)11-3-10-5)7-12-1-2-13-7;6-4-3(1-10)5(7)9-2-8-4;1-8-4(6)3-5(7)9-2;1-4(5)2-3-4;3-1-2-4;;;/h8,13-14H,2-7H2,1H3,(H,20,21);5,7,12H,3-4H2,1-2H3;1,4-6,10-11H,14H2,2H3;4-6H,2-3H2,1H3,(H,12,13,16);6,11H,2-5H2,1H3,(H,14,15);3,7H,1-2H2;1-2H;3H2,1-2H3;2-3,5H2,1H3;3-4H,1-2H2;;;1H2/q;;;;;;;;;;2*+1;/p-2/t;;10-;;;;;;;;;;/m..1........../s1. The molecule has 8 aromatic rings. The van der Waals surface area contributed by atoms with E-state index < -0.39 is 91.3 Å². The number of carbonyl (C=O) groups excluding carboxylic acids is 7. The van der Waals surface area contributed by atoms with Crippen LogP contribution in [0.2, 0.25) is 25.8 Å². The van der Waals surface area contributed by atoms with Crippen LogP contribution in [0, 0.1) is 19.3 Å². The van der Waals surface area contributed by atoms with E-state index >= 15 is 0 Å². The number of pyridine rings is 1. The minimum absolute atomic E-state index is 0. The summed E-state index contributed by atoms with van der Waals surface area (Å²) in [5.41, 5.74) is 13.4. The van der Waals surface area contributed by atoms with Gasteiger partial charge in [-0.3, -0.25) is 38.4 Å². The summed E-state index contributed by atoms with van der Waals surface area (Å²) in [5, 5.41) is 29.6. The third-order valence-corrected chi connectivity index (χ3v) is 20.6. The van der Waals surface area contributed by atoms with Gasteiger partial charge in [0.1, 0.15) is 69.4 Å². The number of H-pyrrole nitrogens is 1. The number of alkyl halides is 4. The van der Waals surface area contributed by atoms with E-state index in [0.29, 0.717) is 122 Å². The number of benzene rings is 1. The number of aromatic nitrogens is 13. The largest absolute Gasteiger partial charge is 1.00 e. The summed E-state index contributed by atoms with van der Waals surface area (Å²) in [6, 6.07) is 5.40. The van der Waals surface area contributed by atoms with Gasteiger partial charge in [-0.25, -0.2) is 72.4 Å². The van der Waals surface area contributed by atoms with Crippen molar-refractivity contribution in [1.29, 1.82) is 0 Å². The fourth-order valence-corrected chi connectivity index (χ4v) is 12.5. The van der Waals surface area contributed by atoms with Crippen LogP contribution in [0.5, 0.6) is 11.8 Å². The van der Waals surface area contributed by atoms with Gasteiger partial charge in [0.25, 0.3) is 24.0 Å². The Kier molecular flexibility index (Phi) is 54.9. The monoisotopic (exact) mass is 2050 g/mol. The van der Waals surface area contributed by atoms with E-state index in [2.05, 4.69) is 96.9 Å². The van der Waals surface area contributed by atoms with Crippen LogP contribution >= 0.6 is 58.0 Å². The number of methoxy groups -OCH3 is 4. The second-order valence-corrected chi connectivity index (χ2v) is 30.5. The van der Waals surface area contributed by atoms with E-state index in [1.54, 1.807) is 43.7 Å². The SMILES string of the molecule is C#C[C@@H](N)c1cccc(C(F)F)c1C.CC1(N)CC1.CC1(n2cc3c(=O)[nH]cnc3cc2=O)CC1.CCOc1ncnc(CC(=O)NC2(C(F)F)CC2)c1C1OCCO1.CCOc1ncnc(CC(=O)[O-])c1C1OCCO1.COC(=O)C(C(=O)OC)c1ncnc(Cl)c1C1OCCO1.COC(=O)CC(=O)OC.Clc1ncnc(Cl)c1C1OCCO1.O=Cc1c(Cl)ncnc1Cl.OCCO.[Na+].[Na+].[OH-]. The van der Waals surface area contributed by atoms with Gasteiger partial charge in [0.15, 0.2) is 37.4 Å². The first-order chi connectivity index (χ1) is 63.9. The molecule has 1 amide bonds. The molecule has 7 aliphatic rings. The topological polar surface area (TPSA) is 603 Å². The number of nitrogens with one attached hydrogen (secondary N) is 2. The Morgan fingerprint density at radius 1 is 0.620 bits per heavy atom. The molecule has 4 saturated heterocycles. The fourth-order valence-electron chi connectivity index (χ4n) is 11.4. The van der Waals surface area contributed by atoms with Crippen LogP contribution in [0.3, 0.4) is 0 Å². The van der Waals surface area contributed by atoms with Gasteiger partial charge in [-0.05, 0) is 84.3 Å². The van der Waals surface area contributed by atoms with Crippen LogP contribution in [-0.4, -0.2) is 247 Å². The molecule has 15 rings (SSSR count). The maximum Gasteiger partial charge on any atom is 1.00 e. The number of nitrogens with zero attached hydrogens (tertiary/aromatic N) is 12. The van der Waals surface area contributed by atoms with Crippen molar-refractivity contribution in [2.45, 2.75) is 159 Å². The van der Waals surface area contributed by atoms with Crippen molar-refractivity contribution >= 4 is 111 Å². The predicted molar refractivity (Wildman–Crippen MR) is 465 cm³/mol. The minimum atomic E-state index is -2.58. The van der Waals surface area contributed by atoms with Crippen molar-refractivity contribution in [2.24, 2.45) is 11.5 Å². The minimum Gasteiger partial charge on any atom is -0.870 e. The zero-order valence-electron chi connectivity index (χ0n) is 76.0. The number of terminal acetylenes is 1. The molecular formula is C83H99Cl5F4N16Na2O27. The third-order valence-electron chi connectivity index (χ3n) is 19.1. The molecule has 1 atom stereocenters. The summed E-state index contributed by atoms with van der Waals surface area (Å²) in [6.07, 6.45) is 11.1. The van der Waals surface area contributed by atoms with Gasteiger partial charge in [0, 0.05) is 41.3 Å². The molecule has 54 heteroatoms. The van der Waals surface area contributed by atoms with Crippen LogP contribution < -0.4 is 102 Å². The molecule has 11 heterocycles. The number of aliphatic hydroxyl groups is 2. The summed E-state index contributed by atoms with van der Waals surface area (Å²) < 4.78 is 124. The van der Waals surface area contributed by atoms with Crippen molar-refractivity contribution in [3.8, 4) is 24.1 Å². The van der Waals surface area contributed by atoms with Gasteiger partial charge in [-0.2, -0.15) is 0 Å². The molecule has 0 bridgehead atoms. The second-order valence-electron chi connectivity index (χ2n) is 28.7. The van der Waals surface area contributed by atoms with Gasteiger partial charge in [0.05, 0.1) is 182 Å². The van der Waals surface area contributed by atoms with Crippen LogP contribution in [-0.2, 0) is 104 Å². The number of rotatable bonds is 24. The first kappa shape index (κ1) is 122. The Labute approximate surface area is 850 Å². The van der Waals surface area contributed by atoms with E-state index in [1.807, 2.05) is 6.92 Å². The van der Waals surface area contributed by atoms with Crippen molar-refractivity contribution in [1.82, 2.24) is 69.7 Å². The van der Waals surface area contributed by atoms with Crippen molar-refractivity contribution in [3.05, 3.63) is 176 Å². The number of amides is 1. The van der Waals surface area contributed by atoms with Gasteiger partial charge in [-0.1, -0.05) is 82.1 Å². The quantitative estimate of drug-likeness (QED) is 0.00712. The number of aldehydes is 1. The predicted octanol–water partition coefficient (Wildman–Crippen LogP) is 0.802. The molecule has 0 spiro atoms. The molecule has 0 radical (unpaired) electrons. The average molecular weight is 2050 g/mol. The molecule has 7 fully saturated rings. The summed E-state index contributed by atoms with van der Waals surface area (Å²) in [4.78, 5) is 146. The number of aromatic amines is 1. The van der Waals surface area contributed by atoms with Crippen molar-refractivity contribution in [3.63, 3.8) is 0 Å². The van der Waals surface area contributed by atoms with Gasteiger partial charge < -0.3 is 118 Å². The number of ether oxygens (including phenoxy) is 14. The maximum absolute atomic E-state index is 13.0. The van der Waals surface area contributed by atoms with E-state index in [-0.39, 0.29) is 192 Å². The summed E-state index contributed by atoms with van der Waals surface area (Å²) >= 11 is 28.6. The zero-order chi connectivity index (χ0) is 99.0. The summed E-state index contributed by atoms with van der Waals surface area (Å²) in [5.74, 6) is -3.06. The zero-order valence-corrected chi connectivity index (χ0v) is 83.8. The van der Waals surface area contributed by atoms with Gasteiger partial charge >= 0.3 is 83.0 Å². The average Bonchev–Trinajstić information content (AvgIpc) is 1.61. The summed E-state index contributed by atoms with van der Waals surface area (Å²) in [6.45, 7) is 13.3. The Hall–Kier alpha value is -8.99. The van der Waals surface area contributed by atoms with Crippen LogP contribution in [0.4, 0.5) is 17.6 Å². The van der Waals surface area contributed by atoms with E-state index in [1.165, 1.54) is 70.8 Å². The smallest absolute Gasteiger partial charge is 0.870 e. The first-order valence-corrected chi connectivity index (χ1v) is 42.2. The molecular weight excluding hydrogens is 1950 g/mol. The molecule has 3 saturated carbocycles. The van der Waals surface area contributed by atoms with E-state index in [0.717, 1.165) is 33.4 Å². The number of esters is 4. The molecule has 0 unspecified atom stereocenters. The Morgan fingerprint density at radius 2 is 1.03 bits per heavy atom. The normalized spacial score (nSPS) is 15.4. The number of aliphatic hydroxyl groups excluding tert-OH is 2. The number of aliphatic carboxylic acids is 1. The number of nitrogens with two attached hydrogens (primary N) is 2. The third kappa shape index (κ3) is 38.2. The van der Waals surface area contributed by atoms with Crippen LogP contribution in [0.15, 0.2) is 78.0 Å². The molecule has 7 aromatic heterocycles. The number of hydrogen-bond acceptors (Lipinski definition) is 40. The van der Waals surface area contributed by atoms with Gasteiger partial charge in [0.2, 0.25) is 17.7 Å². The molecule has 4 aliphatic heterocycles. The van der Waals surface area contributed by atoms with Crippen molar-refractivity contribution in [2.75, 3.05) is 108 Å². The maximum atomic E-state index is 13.0. The Morgan fingerprint density at radius 3 is 1.40 bits per heavy atom. The molecule has 9 N–H and O–H groups in total. The second kappa shape index (κ2) is 61.6. The Balaban J connectivity index is 0.000000402.